The van der Waals surface area contributed by atoms with Gasteiger partial charge < -0.3 is 0 Å². The van der Waals surface area contributed by atoms with Gasteiger partial charge in [-0.1, -0.05) is 13.0 Å². The van der Waals surface area contributed by atoms with Crippen molar-refractivity contribution in [2.24, 2.45) is 0 Å². The van der Waals surface area contributed by atoms with Crippen LogP contribution >= 0.6 is 0 Å². The van der Waals surface area contributed by atoms with E-state index in [1.54, 1.807) is 12.1 Å². The summed E-state index contributed by atoms with van der Waals surface area (Å²) >= 11 is 0. The number of benzene rings is 1. The maximum absolute atomic E-state index is 12.7. The Bertz CT molecular complexity index is 278. The van der Waals surface area contributed by atoms with E-state index < -0.39 is 0 Å². The molecular formula is C10H11F. The third-order valence-corrected chi connectivity index (χ3v) is 2.49. The van der Waals surface area contributed by atoms with Crippen LogP contribution in [0.5, 0.6) is 0 Å². The molecule has 1 aliphatic rings. The second-order valence-corrected chi connectivity index (χ2v) is 3.28. The average molecular weight is 150 g/mol. The SMILES string of the molecule is CC1CCc2ccc(F)cc21. The summed E-state index contributed by atoms with van der Waals surface area (Å²) in [5, 5.41) is 0. The van der Waals surface area contributed by atoms with Gasteiger partial charge in [0.2, 0.25) is 0 Å². The molecule has 0 heterocycles. The fourth-order valence-electron chi connectivity index (χ4n) is 1.78. The van der Waals surface area contributed by atoms with Crippen LogP contribution in [-0.2, 0) is 6.42 Å². The Kier molecular flexibility index (Phi) is 1.45. The van der Waals surface area contributed by atoms with E-state index >= 15 is 0 Å². The third-order valence-electron chi connectivity index (χ3n) is 2.49. The first kappa shape index (κ1) is 6.84. The van der Waals surface area contributed by atoms with E-state index in [1.807, 2.05) is 6.07 Å². The van der Waals surface area contributed by atoms with Crippen LogP contribution in [-0.4, -0.2) is 0 Å². The van der Waals surface area contributed by atoms with E-state index in [1.165, 1.54) is 17.5 Å². The maximum atomic E-state index is 12.7. The van der Waals surface area contributed by atoms with Gasteiger partial charge in [0.25, 0.3) is 0 Å². The van der Waals surface area contributed by atoms with Crippen molar-refractivity contribution in [2.45, 2.75) is 25.7 Å². The molecule has 0 nitrogen and oxygen atoms in total. The molecule has 1 heteroatoms. The Hall–Kier alpha value is -0.850. The Labute approximate surface area is 66.1 Å². The number of fused-ring (bicyclic) bond motifs is 1. The van der Waals surface area contributed by atoms with Gasteiger partial charge in [-0.25, -0.2) is 4.39 Å². The highest BCUT2D eigenvalue weighted by Crippen LogP contribution is 2.32. The van der Waals surface area contributed by atoms with Crippen LogP contribution in [0, 0.1) is 5.82 Å². The molecule has 11 heavy (non-hydrogen) atoms. The zero-order valence-corrected chi connectivity index (χ0v) is 6.60. The molecule has 1 unspecified atom stereocenters. The number of aryl methyl sites for hydroxylation is 1. The lowest BCUT2D eigenvalue weighted by atomic mass is 10.0. The Balaban J connectivity index is 2.52. The van der Waals surface area contributed by atoms with Crippen molar-refractivity contribution in [2.75, 3.05) is 0 Å². The first-order chi connectivity index (χ1) is 5.27. The molecule has 1 aromatic rings. The van der Waals surface area contributed by atoms with Crippen LogP contribution in [0.2, 0.25) is 0 Å². The second kappa shape index (κ2) is 2.33. The predicted octanol–water partition coefficient (Wildman–Crippen LogP) is 2.88. The second-order valence-electron chi connectivity index (χ2n) is 3.28. The Morgan fingerprint density at radius 2 is 2.27 bits per heavy atom. The number of halogens is 1. The molecule has 1 atom stereocenters. The Morgan fingerprint density at radius 3 is 3.09 bits per heavy atom. The molecule has 0 fully saturated rings. The summed E-state index contributed by atoms with van der Waals surface area (Å²) < 4.78 is 12.7. The van der Waals surface area contributed by atoms with E-state index in [2.05, 4.69) is 6.92 Å². The fraction of sp³-hybridized carbons (Fsp3) is 0.400. The van der Waals surface area contributed by atoms with Gasteiger partial charge >= 0.3 is 0 Å². The molecule has 0 spiro atoms. The lowest BCUT2D eigenvalue weighted by Crippen LogP contribution is -1.87. The van der Waals surface area contributed by atoms with Gasteiger partial charge in [-0.05, 0) is 42.0 Å². The molecule has 1 aliphatic carbocycles. The minimum absolute atomic E-state index is 0.0995. The molecule has 58 valence electrons. The zero-order valence-electron chi connectivity index (χ0n) is 6.60. The number of rotatable bonds is 0. The molecule has 0 radical (unpaired) electrons. The van der Waals surface area contributed by atoms with Gasteiger partial charge in [0, 0.05) is 0 Å². The summed E-state index contributed by atoms with van der Waals surface area (Å²) in [6, 6.07) is 5.14. The summed E-state index contributed by atoms with van der Waals surface area (Å²) in [5.41, 5.74) is 2.55. The van der Waals surface area contributed by atoms with Gasteiger partial charge in [0.1, 0.15) is 5.82 Å². The molecule has 1 aromatic carbocycles. The molecule has 0 N–H and O–H groups in total. The molecule has 2 rings (SSSR count). The minimum Gasteiger partial charge on any atom is -0.207 e. The van der Waals surface area contributed by atoms with Gasteiger partial charge in [-0.15, -0.1) is 0 Å². The lowest BCUT2D eigenvalue weighted by Gasteiger charge is -2.02. The highest BCUT2D eigenvalue weighted by Gasteiger charge is 2.18. The van der Waals surface area contributed by atoms with E-state index in [4.69, 9.17) is 0 Å². The summed E-state index contributed by atoms with van der Waals surface area (Å²) in [6.07, 6.45) is 2.30. The summed E-state index contributed by atoms with van der Waals surface area (Å²) in [4.78, 5) is 0. The van der Waals surface area contributed by atoms with E-state index in [0.717, 1.165) is 6.42 Å². The summed E-state index contributed by atoms with van der Waals surface area (Å²) in [7, 11) is 0. The van der Waals surface area contributed by atoms with Crippen molar-refractivity contribution < 1.29 is 4.39 Å². The molecule has 0 aromatic heterocycles. The van der Waals surface area contributed by atoms with E-state index in [0.29, 0.717) is 5.92 Å². The van der Waals surface area contributed by atoms with Crippen molar-refractivity contribution in [3.63, 3.8) is 0 Å². The first-order valence-electron chi connectivity index (χ1n) is 4.05. The van der Waals surface area contributed by atoms with E-state index in [-0.39, 0.29) is 5.82 Å². The summed E-state index contributed by atoms with van der Waals surface area (Å²) in [5.74, 6) is 0.457. The fourth-order valence-corrected chi connectivity index (χ4v) is 1.78. The molecule has 0 saturated heterocycles. The lowest BCUT2D eigenvalue weighted by molar-refractivity contribution is 0.623. The monoisotopic (exact) mass is 150 g/mol. The topological polar surface area (TPSA) is 0 Å². The van der Waals surface area contributed by atoms with Crippen LogP contribution in [0.4, 0.5) is 4.39 Å². The van der Waals surface area contributed by atoms with Gasteiger partial charge in [0.15, 0.2) is 0 Å². The number of hydrogen-bond donors (Lipinski definition) is 0. The highest BCUT2D eigenvalue weighted by molar-refractivity contribution is 5.34. The van der Waals surface area contributed by atoms with Crippen LogP contribution in [0.3, 0.4) is 0 Å². The molecule has 0 aliphatic heterocycles. The minimum atomic E-state index is -0.0995. The zero-order chi connectivity index (χ0) is 7.84. The molecule has 0 saturated carbocycles. The van der Waals surface area contributed by atoms with Crippen LogP contribution in [0.15, 0.2) is 18.2 Å². The van der Waals surface area contributed by atoms with E-state index in [9.17, 15) is 4.39 Å². The average Bonchev–Trinajstić information content (AvgIpc) is 2.33. The third kappa shape index (κ3) is 1.05. The predicted molar refractivity (Wildman–Crippen MR) is 43.1 cm³/mol. The van der Waals surface area contributed by atoms with Crippen molar-refractivity contribution in [3.8, 4) is 0 Å². The summed E-state index contributed by atoms with van der Waals surface area (Å²) in [6.45, 7) is 2.16. The van der Waals surface area contributed by atoms with Gasteiger partial charge in [0.05, 0.1) is 0 Å². The quantitative estimate of drug-likeness (QED) is 0.533. The van der Waals surface area contributed by atoms with Crippen LogP contribution in [0.25, 0.3) is 0 Å². The smallest absolute Gasteiger partial charge is 0.123 e. The maximum Gasteiger partial charge on any atom is 0.123 e. The van der Waals surface area contributed by atoms with Crippen molar-refractivity contribution >= 4 is 0 Å². The normalized spacial score (nSPS) is 21.8. The van der Waals surface area contributed by atoms with Crippen LogP contribution in [0.1, 0.15) is 30.4 Å². The standard InChI is InChI=1S/C10H11F/c1-7-2-3-8-4-5-9(11)6-10(7)8/h4-7H,2-3H2,1H3. The van der Waals surface area contributed by atoms with Crippen LogP contribution < -0.4 is 0 Å². The molecular weight excluding hydrogens is 139 g/mol. The molecule has 0 bridgehead atoms. The number of hydrogen-bond acceptors (Lipinski definition) is 0. The molecule has 0 amide bonds. The van der Waals surface area contributed by atoms with Gasteiger partial charge in [-0.2, -0.15) is 0 Å². The Morgan fingerprint density at radius 1 is 1.45 bits per heavy atom. The largest absolute Gasteiger partial charge is 0.207 e. The first-order valence-corrected chi connectivity index (χ1v) is 4.05. The van der Waals surface area contributed by atoms with Gasteiger partial charge in [-0.3, -0.25) is 0 Å². The van der Waals surface area contributed by atoms with Crippen molar-refractivity contribution in [1.82, 2.24) is 0 Å². The highest BCUT2D eigenvalue weighted by atomic mass is 19.1. The van der Waals surface area contributed by atoms with Crippen molar-refractivity contribution in [3.05, 3.63) is 35.1 Å². The van der Waals surface area contributed by atoms with Crippen molar-refractivity contribution in [1.29, 1.82) is 0 Å².